The summed E-state index contributed by atoms with van der Waals surface area (Å²) in [4.78, 5) is 36.9. The van der Waals surface area contributed by atoms with Crippen molar-refractivity contribution in [1.82, 2.24) is 4.57 Å². The molecule has 2 aromatic carbocycles. The summed E-state index contributed by atoms with van der Waals surface area (Å²) in [6, 6.07) is 17.2. The second-order valence-electron chi connectivity index (χ2n) is 7.33. The van der Waals surface area contributed by atoms with Crippen LogP contribution in [0.1, 0.15) is 51.6 Å². The van der Waals surface area contributed by atoms with Crippen molar-refractivity contribution < 1.29 is 14.3 Å². The SMILES string of the molecule is CCCCOC(=O)c1ccc(NC(=O)c2ccc(=O)n(Cc3ccccc3C)c2)cc1. The molecule has 1 aromatic heterocycles. The van der Waals surface area contributed by atoms with Crippen LogP contribution in [0.3, 0.4) is 0 Å². The number of anilines is 1. The Morgan fingerprint density at radius 3 is 2.39 bits per heavy atom. The van der Waals surface area contributed by atoms with Gasteiger partial charge in [0.25, 0.3) is 11.5 Å². The molecule has 0 spiro atoms. The number of nitrogens with zero attached hydrogens (tertiary/aromatic N) is 1. The largest absolute Gasteiger partial charge is 0.462 e. The number of carbonyl (C=O) groups is 2. The first-order valence-corrected chi connectivity index (χ1v) is 10.3. The van der Waals surface area contributed by atoms with E-state index in [1.165, 1.54) is 16.7 Å². The molecular weight excluding hydrogens is 392 g/mol. The van der Waals surface area contributed by atoms with Crippen LogP contribution in [0.5, 0.6) is 0 Å². The quantitative estimate of drug-likeness (QED) is 0.434. The number of aromatic nitrogens is 1. The van der Waals surface area contributed by atoms with Gasteiger partial charge in [-0.05, 0) is 54.8 Å². The lowest BCUT2D eigenvalue weighted by molar-refractivity contribution is 0.0499. The number of pyridine rings is 1. The van der Waals surface area contributed by atoms with Crippen LogP contribution in [0.25, 0.3) is 0 Å². The lowest BCUT2D eigenvalue weighted by atomic mass is 10.1. The van der Waals surface area contributed by atoms with E-state index in [0.717, 1.165) is 24.0 Å². The van der Waals surface area contributed by atoms with Crippen LogP contribution in [-0.2, 0) is 11.3 Å². The third-order valence-electron chi connectivity index (χ3n) is 4.96. The number of carbonyl (C=O) groups excluding carboxylic acids is 2. The smallest absolute Gasteiger partial charge is 0.338 e. The third kappa shape index (κ3) is 5.92. The van der Waals surface area contributed by atoms with Crippen molar-refractivity contribution in [2.75, 3.05) is 11.9 Å². The van der Waals surface area contributed by atoms with E-state index >= 15 is 0 Å². The molecule has 1 N–H and O–H groups in total. The first kappa shape index (κ1) is 22.0. The van der Waals surface area contributed by atoms with E-state index in [9.17, 15) is 14.4 Å². The monoisotopic (exact) mass is 418 g/mol. The van der Waals surface area contributed by atoms with E-state index in [2.05, 4.69) is 5.32 Å². The fourth-order valence-electron chi connectivity index (χ4n) is 3.05. The zero-order valence-corrected chi connectivity index (χ0v) is 17.8. The first-order valence-electron chi connectivity index (χ1n) is 10.3. The number of rotatable bonds is 8. The van der Waals surface area contributed by atoms with E-state index in [4.69, 9.17) is 4.74 Å². The van der Waals surface area contributed by atoms with Gasteiger partial charge in [0.05, 0.1) is 24.3 Å². The average Bonchev–Trinajstić information content (AvgIpc) is 2.77. The number of hydrogen-bond acceptors (Lipinski definition) is 4. The summed E-state index contributed by atoms with van der Waals surface area (Å²) in [6.07, 6.45) is 3.34. The third-order valence-corrected chi connectivity index (χ3v) is 4.96. The number of aryl methyl sites for hydroxylation is 1. The molecule has 1 amide bonds. The predicted octanol–water partition coefficient (Wildman–Crippen LogP) is 4.41. The maximum atomic E-state index is 12.7. The number of amides is 1. The van der Waals surface area contributed by atoms with Crippen molar-refractivity contribution in [1.29, 1.82) is 0 Å². The number of benzene rings is 2. The zero-order valence-electron chi connectivity index (χ0n) is 17.8. The molecule has 0 aliphatic heterocycles. The molecule has 6 heteroatoms. The summed E-state index contributed by atoms with van der Waals surface area (Å²) in [6.45, 7) is 4.80. The van der Waals surface area contributed by atoms with E-state index in [0.29, 0.717) is 30.0 Å². The Bertz CT molecular complexity index is 1120. The number of nitrogens with one attached hydrogen (secondary N) is 1. The molecule has 3 rings (SSSR count). The fourth-order valence-corrected chi connectivity index (χ4v) is 3.05. The van der Waals surface area contributed by atoms with Gasteiger partial charge in [0, 0.05) is 18.0 Å². The maximum Gasteiger partial charge on any atom is 0.338 e. The van der Waals surface area contributed by atoms with Gasteiger partial charge in [0.1, 0.15) is 0 Å². The normalized spacial score (nSPS) is 10.5. The Morgan fingerprint density at radius 2 is 1.68 bits per heavy atom. The number of ether oxygens (including phenoxy) is 1. The Hall–Kier alpha value is -3.67. The zero-order chi connectivity index (χ0) is 22.2. The molecule has 0 atom stereocenters. The van der Waals surface area contributed by atoms with Crippen LogP contribution in [0.4, 0.5) is 5.69 Å². The molecule has 3 aromatic rings. The molecule has 0 radical (unpaired) electrons. The molecule has 0 aliphatic rings. The van der Waals surface area contributed by atoms with Gasteiger partial charge in [0.2, 0.25) is 0 Å². The molecule has 0 aliphatic carbocycles. The van der Waals surface area contributed by atoms with Crippen molar-refractivity contribution in [2.24, 2.45) is 0 Å². The fraction of sp³-hybridized carbons (Fsp3) is 0.240. The average molecular weight is 418 g/mol. The Labute approximate surface area is 181 Å². The predicted molar refractivity (Wildman–Crippen MR) is 121 cm³/mol. The topological polar surface area (TPSA) is 77.4 Å². The van der Waals surface area contributed by atoms with Crippen LogP contribution in [-0.4, -0.2) is 23.1 Å². The summed E-state index contributed by atoms with van der Waals surface area (Å²) in [7, 11) is 0. The van der Waals surface area contributed by atoms with Crippen molar-refractivity contribution in [3.8, 4) is 0 Å². The van der Waals surface area contributed by atoms with Crippen LogP contribution in [0.2, 0.25) is 0 Å². The summed E-state index contributed by atoms with van der Waals surface area (Å²) in [5, 5.41) is 2.79. The minimum atomic E-state index is -0.380. The maximum absolute atomic E-state index is 12.7. The number of esters is 1. The standard InChI is InChI=1S/C25H26N2O4/c1-3-4-15-31-25(30)19-9-12-22(13-10-19)26-24(29)21-11-14-23(28)27(17-21)16-20-8-6-5-7-18(20)2/h5-14,17H,3-4,15-16H2,1-2H3,(H,26,29). The van der Waals surface area contributed by atoms with Crippen LogP contribution in [0, 0.1) is 6.92 Å². The van der Waals surface area contributed by atoms with Crippen molar-refractivity contribution in [3.63, 3.8) is 0 Å². The van der Waals surface area contributed by atoms with E-state index in [1.54, 1.807) is 30.5 Å². The first-order chi connectivity index (χ1) is 15.0. The second-order valence-corrected chi connectivity index (χ2v) is 7.33. The molecular formula is C25H26N2O4. The summed E-state index contributed by atoms with van der Waals surface area (Å²) < 4.78 is 6.70. The minimum Gasteiger partial charge on any atom is -0.462 e. The highest BCUT2D eigenvalue weighted by molar-refractivity contribution is 6.04. The summed E-state index contributed by atoms with van der Waals surface area (Å²) in [5.41, 5.74) is 3.27. The van der Waals surface area contributed by atoms with Crippen molar-refractivity contribution in [3.05, 3.63) is 99.5 Å². The van der Waals surface area contributed by atoms with Crippen LogP contribution in [0.15, 0.2) is 71.7 Å². The molecule has 0 bridgehead atoms. The number of hydrogen-bond donors (Lipinski definition) is 1. The van der Waals surface area contributed by atoms with Crippen LogP contribution >= 0.6 is 0 Å². The molecule has 6 nitrogen and oxygen atoms in total. The van der Waals surface area contributed by atoms with Gasteiger partial charge in [0.15, 0.2) is 0 Å². The molecule has 160 valence electrons. The van der Waals surface area contributed by atoms with Gasteiger partial charge in [-0.1, -0.05) is 37.6 Å². The molecule has 0 saturated heterocycles. The van der Waals surface area contributed by atoms with Gasteiger partial charge < -0.3 is 14.6 Å². The second kappa shape index (κ2) is 10.4. The molecule has 1 heterocycles. The minimum absolute atomic E-state index is 0.175. The molecule has 31 heavy (non-hydrogen) atoms. The van der Waals surface area contributed by atoms with Crippen molar-refractivity contribution in [2.45, 2.75) is 33.2 Å². The molecule has 0 fully saturated rings. The van der Waals surface area contributed by atoms with Gasteiger partial charge >= 0.3 is 5.97 Å². The lowest BCUT2D eigenvalue weighted by Crippen LogP contribution is -2.22. The summed E-state index contributed by atoms with van der Waals surface area (Å²) in [5.74, 6) is -0.716. The molecule has 0 unspecified atom stereocenters. The number of unbranched alkanes of at least 4 members (excludes halogenated alkanes) is 1. The Morgan fingerprint density at radius 1 is 0.968 bits per heavy atom. The van der Waals surface area contributed by atoms with E-state index in [1.807, 2.05) is 38.1 Å². The van der Waals surface area contributed by atoms with Gasteiger partial charge in [-0.3, -0.25) is 9.59 Å². The molecule has 0 saturated carbocycles. The Balaban J connectivity index is 1.68. The Kier molecular flexibility index (Phi) is 7.38. The van der Waals surface area contributed by atoms with Crippen molar-refractivity contribution >= 4 is 17.6 Å². The van der Waals surface area contributed by atoms with Gasteiger partial charge in [-0.15, -0.1) is 0 Å². The lowest BCUT2D eigenvalue weighted by Gasteiger charge is -2.11. The van der Waals surface area contributed by atoms with Crippen LogP contribution < -0.4 is 10.9 Å². The van der Waals surface area contributed by atoms with Gasteiger partial charge in [-0.25, -0.2) is 4.79 Å². The van der Waals surface area contributed by atoms with E-state index < -0.39 is 0 Å². The van der Waals surface area contributed by atoms with E-state index in [-0.39, 0.29) is 17.4 Å². The highest BCUT2D eigenvalue weighted by Crippen LogP contribution is 2.13. The summed E-state index contributed by atoms with van der Waals surface area (Å²) >= 11 is 0. The highest BCUT2D eigenvalue weighted by atomic mass is 16.5. The highest BCUT2D eigenvalue weighted by Gasteiger charge is 2.11. The van der Waals surface area contributed by atoms with Gasteiger partial charge in [-0.2, -0.15) is 0 Å².